The van der Waals surface area contributed by atoms with Crippen LogP contribution in [0.5, 0.6) is 0 Å². The van der Waals surface area contributed by atoms with Gasteiger partial charge in [-0.25, -0.2) is 13.8 Å². The predicted octanol–water partition coefficient (Wildman–Crippen LogP) is 2.24. The van der Waals surface area contributed by atoms with Crippen LogP contribution in [-0.4, -0.2) is 17.6 Å². The Labute approximate surface area is 108 Å². The monoisotopic (exact) mass is 278 g/mol. The maximum Gasteiger partial charge on any atom is 0.310 e. The van der Waals surface area contributed by atoms with Gasteiger partial charge in [0.25, 0.3) is 6.43 Å². The summed E-state index contributed by atoms with van der Waals surface area (Å²) < 4.78 is 30.3. The summed E-state index contributed by atoms with van der Waals surface area (Å²) in [6, 6.07) is 1.37. The number of carbonyl (C=O) groups excluding carboxylic acids is 1. The molecule has 0 bridgehead atoms. The fourth-order valence-electron chi connectivity index (χ4n) is 1.43. The van der Waals surface area contributed by atoms with Gasteiger partial charge < -0.3 is 10.5 Å². The van der Waals surface area contributed by atoms with Gasteiger partial charge in [0.05, 0.1) is 13.0 Å². The largest absolute Gasteiger partial charge is 0.466 e. The average molecular weight is 279 g/mol. The predicted molar refractivity (Wildman–Crippen MR) is 62.4 cm³/mol. The minimum Gasteiger partial charge on any atom is -0.466 e. The zero-order chi connectivity index (χ0) is 13.7. The first-order chi connectivity index (χ1) is 8.49. The van der Waals surface area contributed by atoms with Crippen LogP contribution in [0.25, 0.3) is 0 Å². The van der Waals surface area contributed by atoms with Crippen LogP contribution in [0.15, 0.2) is 6.07 Å². The van der Waals surface area contributed by atoms with Crippen LogP contribution < -0.4 is 5.73 Å². The smallest absolute Gasteiger partial charge is 0.310 e. The molecule has 2 N–H and O–H groups in total. The van der Waals surface area contributed by atoms with Gasteiger partial charge in [-0.3, -0.25) is 4.79 Å². The van der Waals surface area contributed by atoms with E-state index < -0.39 is 18.1 Å². The normalized spacial score (nSPS) is 10.8. The molecule has 0 unspecified atom stereocenters. The number of ether oxygens (including phenoxy) is 1. The third-order valence-corrected chi connectivity index (χ3v) is 2.56. The number of esters is 1. The van der Waals surface area contributed by atoms with E-state index in [1.165, 1.54) is 6.07 Å². The molecule has 0 aromatic carbocycles. The lowest BCUT2D eigenvalue weighted by Crippen LogP contribution is -2.12. The molecule has 1 rings (SSSR count). The van der Waals surface area contributed by atoms with Gasteiger partial charge in [-0.05, 0) is 18.6 Å². The number of nitrogens with zero attached hydrogens (tertiary/aromatic N) is 1. The second-order valence-electron chi connectivity index (χ2n) is 3.47. The SMILES string of the molecule is CCOC(=O)Cc1cc(CN)c(Cl)nc1C(F)F. The number of carbonyl (C=O) groups is 1. The van der Waals surface area contributed by atoms with Crippen LogP contribution in [0, 0.1) is 0 Å². The second-order valence-corrected chi connectivity index (χ2v) is 3.83. The Morgan fingerprint density at radius 1 is 1.56 bits per heavy atom. The Morgan fingerprint density at radius 2 is 2.22 bits per heavy atom. The number of hydrogen-bond acceptors (Lipinski definition) is 4. The molecule has 0 spiro atoms. The summed E-state index contributed by atoms with van der Waals surface area (Å²) in [4.78, 5) is 14.9. The van der Waals surface area contributed by atoms with Crippen molar-refractivity contribution in [1.29, 1.82) is 0 Å². The van der Waals surface area contributed by atoms with Crippen molar-refractivity contribution >= 4 is 17.6 Å². The van der Waals surface area contributed by atoms with E-state index in [1.807, 2.05) is 0 Å². The highest BCUT2D eigenvalue weighted by Gasteiger charge is 2.20. The summed E-state index contributed by atoms with van der Waals surface area (Å²) in [5.74, 6) is -0.591. The van der Waals surface area contributed by atoms with Crippen molar-refractivity contribution in [1.82, 2.24) is 4.98 Å². The van der Waals surface area contributed by atoms with Crippen molar-refractivity contribution in [2.24, 2.45) is 5.73 Å². The van der Waals surface area contributed by atoms with Gasteiger partial charge in [-0.15, -0.1) is 0 Å². The van der Waals surface area contributed by atoms with Crippen LogP contribution in [0.1, 0.15) is 30.2 Å². The second kappa shape index (κ2) is 6.61. The molecule has 1 heterocycles. The molecule has 0 atom stereocenters. The van der Waals surface area contributed by atoms with Gasteiger partial charge in [0.2, 0.25) is 0 Å². The van der Waals surface area contributed by atoms with Gasteiger partial charge in [0.15, 0.2) is 0 Å². The number of pyridine rings is 1. The highest BCUT2D eigenvalue weighted by molar-refractivity contribution is 6.30. The molecule has 0 saturated heterocycles. The first kappa shape index (κ1) is 14.8. The van der Waals surface area contributed by atoms with Gasteiger partial charge in [-0.1, -0.05) is 11.6 Å². The lowest BCUT2D eigenvalue weighted by Gasteiger charge is -2.11. The molecule has 100 valence electrons. The van der Waals surface area contributed by atoms with E-state index in [4.69, 9.17) is 22.1 Å². The van der Waals surface area contributed by atoms with Crippen molar-refractivity contribution in [2.45, 2.75) is 26.3 Å². The third-order valence-electron chi connectivity index (χ3n) is 2.23. The third kappa shape index (κ3) is 3.61. The highest BCUT2D eigenvalue weighted by atomic mass is 35.5. The van der Waals surface area contributed by atoms with E-state index in [0.717, 1.165) is 0 Å². The minimum absolute atomic E-state index is 0.0607. The number of halogens is 3. The number of rotatable bonds is 5. The zero-order valence-corrected chi connectivity index (χ0v) is 10.5. The van der Waals surface area contributed by atoms with E-state index in [9.17, 15) is 13.6 Å². The summed E-state index contributed by atoms with van der Waals surface area (Å²) in [5, 5.41) is -0.0691. The Hall–Kier alpha value is -1.27. The molecule has 4 nitrogen and oxygen atoms in total. The summed E-state index contributed by atoms with van der Waals surface area (Å²) in [5.41, 5.74) is 5.41. The van der Waals surface area contributed by atoms with Gasteiger partial charge in [-0.2, -0.15) is 0 Å². The zero-order valence-electron chi connectivity index (χ0n) is 9.75. The maximum absolute atomic E-state index is 12.8. The Morgan fingerprint density at radius 3 is 2.72 bits per heavy atom. The van der Waals surface area contributed by atoms with E-state index in [-0.39, 0.29) is 30.3 Å². The maximum atomic E-state index is 12.8. The molecule has 7 heteroatoms. The standard InChI is InChI=1S/C11H13ClF2N2O2/c1-2-18-8(17)4-6-3-7(5-15)10(12)16-9(6)11(13)14/h3,11H,2,4-5,15H2,1H3. The van der Waals surface area contributed by atoms with E-state index in [1.54, 1.807) is 6.92 Å². The fourth-order valence-corrected chi connectivity index (χ4v) is 1.66. The summed E-state index contributed by atoms with van der Waals surface area (Å²) in [6.07, 6.45) is -3.08. The summed E-state index contributed by atoms with van der Waals surface area (Å²) in [6.45, 7) is 1.89. The quantitative estimate of drug-likeness (QED) is 0.663. The molecule has 0 aliphatic carbocycles. The molecule has 0 saturated carbocycles. The van der Waals surface area contributed by atoms with E-state index >= 15 is 0 Å². The molecular formula is C11H13ClF2N2O2. The Kier molecular flexibility index (Phi) is 5.43. The summed E-state index contributed by atoms with van der Waals surface area (Å²) in [7, 11) is 0. The van der Waals surface area contributed by atoms with Crippen molar-refractivity contribution in [3.63, 3.8) is 0 Å². The van der Waals surface area contributed by atoms with Gasteiger partial charge >= 0.3 is 5.97 Å². The molecule has 0 aliphatic heterocycles. The molecule has 0 radical (unpaired) electrons. The van der Waals surface area contributed by atoms with E-state index in [0.29, 0.717) is 5.56 Å². The topological polar surface area (TPSA) is 65.2 Å². The first-order valence-electron chi connectivity index (χ1n) is 5.31. The van der Waals surface area contributed by atoms with Gasteiger partial charge in [0, 0.05) is 12.1 Å². The van der Waals surface area contributed by atoms with Crippen molar-refractivity contribution in [3.8, 4) is 0 Å². The Bertz CT molecular complexity index is 441. The Balaban J connectivity index is 3.10. The number of hydrogen-bond donors (Lipinski definition) is 1. The minimum atomic E-state index is -2.81. The average Bonchev–Trinajstić information content (AvgIpc) is 2.30. The first-order valence-corrected chi connectivity index (χ1v) is 5.69. The van der Waals surface area contributed by atoms with Crippen LogP contribution in [0.3, 0.4) is 0 Å². The summed E-state index contributed by atoms with van der Waals surface area (Å²) >= 11 is 5.70. The highest BCUT2D eigenvalue weighted by Crippen LogP contribution is 2.26. The molecule has 18 heavy (non-hydrogen) atoms. The van der Waals surface area contributed by atoms with Crippen LogP contribution >= 0.6 is 11.6 Å². The molecule has 0 aliphatic rings. The number of nitrogens with two attached hydrogens (primary N) is 1. The molecular weight excluding hydrogens is 266 g/mol. The van der Waals surface area contributed by atoms with Crippen molar-refractivity contribution in [2.75, 3.05) is 6.61 Å². The fraction of sp³-hybridized carbons (Fsp3) is 0.455. The molecule has 0 fully saturated rings. The number of alkyl halides is 2. The van der Waals surface area contributed by atoms with Crippen molar-refractivity contribution < 1.29 is 18.3 Å². The van der Waals surface area contributed by atoms with E-state index in [2.05, 4.69) is 4.98 Å². The van der Waals surface area contributed by atoms with Crippen LogP contribution in [0.4, 0.5) is 8.78 Å². The van der Waals surface area contributed by atoms with Gasteiger partial charge in [0.1, 0.15) is 10.8 Å². The van der Waals surface area contributed by atoms with Crippen LogP contribution in [0.2, 0.25) is 5.15 Å². The molecule has 1 aromatic heterocycles. The van der Waals surface area contributed by atoms with Crippen LogP contribution in [-0.2, 0) is 22.5 Å². The number of aromatic nitrogens is 1. The lowest BCUT2D eigenvalue weighted by molar-refractivity contribution is -0.142. The lowest BCUT2D eigenvalue weighted by atomic mass is 10.1. The molecule has 0 amide bonds. The molecule has 1 aromatic rings. The van der Waals surface area contributed by atoms with Crippen molar-refractivity contribution in [3.05, 3.63) is 28.0 Å².